The minimum Gasteiger partial charge on any atom is -0.207 e. The molecule has 0 heterocycles. The average molecular weight is 459 g/mol. The van der Waals surface area contributed by atoms with E-state index in [9.17, 15) is 8.42 Å². The Morgan fingerprint density at radius 1 is 0.970 bits per heavy atom. The van der Waals surface area contributed by atoms with Gasteiger partial charge in [0.1, 0.15) is 0 Å². The molecule has 0 aliphatic carbocycles. The molecule has 0 saturated heterocycles. The summed E-state index contributed by atoms with van der Waals surface area (Å²) in [6.07, 6.45) is 0.571. The second-order valence-electron chi connectivity index (χ2n) is 7.83. The van der Waals surface area contributed by atoms with Gasteiger partial charge in [0.2, 0.25) is 10.0 Å². The average Bonchev–Trinajstić information content (AvgIpc) is 2.80. The molecule has 3 aromatic rings. The first-order valence-electron chi connectivity index (χ1n) is 10.6. The van der Waals surface area contributed by atoms with Gasteiger partial charge < -0.3 is 0 Å². The lowest BCUT2D eigenvalue weighted by atomic mass is 10.0. The van der Waals surface area contributed by atoms with E-state index in [1.165, 1.54) is 4.31 Å². The fourth-order valence-corrected chi connectivity index (χ4v) is 4.64. The lowest BCUT2D eigenvalue weighted by Crippen LogP contribution is -2.33. The van der Waals surface area contributed by atoms with Crippen LogP contribution in [-0.4, -0.2) is 25.8 Å². The topological polar surface area (TPSA) is 86.1 Å². The van der Waals surface area contributed by atoms with E-state index in [2.05, 4.69) is 21.9 Å². The fourth-order valence-electron chi connectivity index (χ4n) is 3.30. The first kappa shape index (κ1) is 24.1. The van der Waals surface area contributed by atoms with Gasteiger partial charge in [-0.05, 0) is 73.7 Å². The molecule has 33 heavy (non-hydrogen) atoms. The molecule has 0 saturated carbocycles. The fraction of sp³-hybridized carbons (Fsp3) is 0.231. The Kier molecular flexibility index (Phi) is 7.92. The maximum Gasteiger partial charge on any atom is 0.243 e. The SMILES string of the molecule is Cc1ccc(S(=O)(=O)N(CC#Cc2cc(C)c(C)cc2N=[N+]=[N-])CCc2ccccc2)cc1. The maximum atomic E-state index is 13.4. The van der Waals surface area contributed by atoms with Crippen LogP contribution < -0.4 is 0 Å². The molecule has 3 rings (SSSR count). The summed E-state index contributed by atoms with van der Waals surface area (Å²) in [6, 6.07) is 20.2. The van der Waals surface area contributed by atoms with Crippen molar-refractivity contribution >= 4 is 15.7 Å². The summed E-state index contributed by atoms with van der Waals surface area (Å²) in [7, 11) is -3.73. The highest BCUT2D eigenvalue weighted by Crippen LogP contribution is 2.23. The number of aryl methyl sites for hydroxylation is 3. The molecule has 0 fully saturated rings. The van der Waals surface area contributed by atoms with Crippen LogP contribution in [0, 0.1) is 32.6 Å². The van der Waals surface area contributed by atoms with Crippen LogP contribution in [0.3, 0.4) is 0 Å². The lowest BCUT2D eigenvalue weighted by Gasteiger charge is -2.20. The number of benzene rings is 3. The first-order chi connectivity index (χ1) is 15.8. The number of nitrogens with zero attached hydrogens (tertiary/aromatic N) is 4. The van der Waals surface area contributed by atoms with Crippen LogP contribution >= 0.6 is 0 Å². The largest absolute Gasteiger partial charge is 0.243 e. The van der Waals surface area contributed by atoms with Crippen molar-refractivity contribution in [3.8, 4) is 11.8 Å². The molecule has 7 heteroatoms. The van der Waals surface area contributed by atoms with Crippen LogP contribution in [0.1, 0.15) is 27.8 Å². The Labute approximate surface area is 195 Å². The smallest absolute Gasteiger partial charge is 0.207 e. The number of azide groups is 1. The minimum atomic E-state index is -3.73. The van der Waals surface area contributed by atoms with E-state index < -0.39 is 10.0 Å². The highest BCUT2D eigenvalue weighted by molar-refractivity contribution is 7.89. The van der Waals surface area contributed by atoms with Gasteiger partial charge in [-0.15, -0.1) is 0 Å². The van der Waals surface area contributed by atoms with Crippen LogP contribution in [-0.2, 0) is 16.4 Å². The van der Waals surface area contributed by atoms with Gasteiger partial charge >= 0.3 is 0 Å². The quantitative estimate of drug-likeness (QED) is 0.193. The highest BCUT2D eigenvalue weighted by atomic mass is 32.2. The Morgan fingerprint density at radius 3 is 2.30 bits per heavy atom. The third kappa shape index (κ3) is 6.24. The van der Waals surface area contributed by atoms with Crippen molar-refractivity contribution in [2.24, 2.45) is 5.11 Å². The summed E-state index contributed by atoms with van der Waals surface area (Å²) in [4.78, 5) is 3.12. The normalized spacial score (nSPS) is 10.9. The molecule has 0 aliphatic rings. The van der Waals surface area contributed by atoms with Crippen LogP contribution in [0.15, 0.2) is 76.7 Å². The summed E-state index contributed by atoms with van der Waals surface area (Å²) in [5, 5.41) is 3.73. The van der Waals surface area contributed by atoms with Gasteiger partial charge in [0.15, 0.2) is 0 Å². The molecule has 0 bridgehead atoms. The predicted octanol–water partition coefficient (Wildman–Crippen LogP) is 5.84. The summed E-state index contributed by atoms with van der Waals surface area (Å²) in [6.45, 7) is 6.12. The Morgan fingerprint density at radius 2 is 1.64 bits per heavy atom. The molecule has 0 aliphatic heterocycles. The zero-order valence-corrected chi connectivity index (χ0v) is 19.8. The Bertz CT molecular complexity index is 1330. The molecule has 0 N–H and O–H groups in total. The molecular formula is C26H26N4O2S. The number of rotatable bonds is 7. The zero-order chi connectivity index (χ0) is 23.8. The summed E-state index contributed by atoms with van der Waals surface area (Å²) in [5.74, 6) is 5.99. The second kappa shape index (κ2) is 10.8. The van der Waals surface area contributed by atoms with Crippen molar-refractivity contribution < 1.29 is 8.42 Å². The van der Waals surface area contributed by atoms with E-state index in [1.807, 2.05) is 57.2 Å². The Hall–Kier alpha value is -3.56. The molecule has 0 spiro atoms. The van der Waals surface area contributed by atoms with Gasteiger partial charge in [-0.25, -0.2) is 8.42 Å². The number of hydrogen-bond donors (Lipinski definition) is 0. The lowest BCUT2D eigenvalue weighted by molar-refractivity contribution is 0.449. The molecule has 0 aromatic heterocycles. The van der Waals surface area contributed by atoms with Crippen LogP contribution in [0.5, 0.6) is 0 Å². The van der Waals surface area contributed by atoms with Crippen molar-refractivity contribution in [2.75, 3.05) is 13.1 Å². The minimum absolute atomic E-state index is 0.0195. The van der Waals surface area contributed by atoms with Gasteiger partial charge in [-0.1, -0.05) is 65.0 Å². The molecule has 0 unspecified atom stereocenters. The van der Waals surface area contributed by atoms with E-state index in [0.29, 0.717) is 24.2 Å². The van der Waals surface area contributed by atoms with E-state index in [0.717, 1.165) is 22.3 Å². The van der Waals surface area contributed by atoms with E-state index in [4.69, 9.17) is 5.53 Å². The molecule has 3 aromatic carbocycles. The summed E-state index contributed by atoms with van der Waals surface area (Å²) < 4.78 is 28.1. The van der Waals surface area contributed by atoms with Crippen molar-refractivity contribution in [1.29, 1.82) is 0 Å². The van der Waals surface area contributed by atoms with E-state index in [1.54, 1.807) is 30.3 Å². The first-order valence-corrected chi connectivity index (χ1v) is 12.0. The van der Waals surface area contributed by atoms with Gasteiger partial charge in [-0.3, -0.25) is 0 Å². The highest BCUT2D eigenvalue weighted by Gasteiger charge is 2.23. The summed E-state index contributed by atoms with van der Waals surface area (Å²) >= 11 is 0. The zero-order valence-electron chi connectivity index (χ0n) is 19.0. The monoisotopic (exact) mass is 458 g/mol. The van der Waals surface area contributed by atoms with Gasteiger partial charge in [0.25, 0.3) is 0 Å². The van der Waals surface area contributed by atoms with E-state index >= 15 is 0 Å². The second-order valence-corrected chi connectivity index (χ2v) is 9.77. The van der Waals surface area contributed by atoms with Crippen LogP contribution in [0.4, 0.5) is 5.69 Å². The maximum absolute atomic E-state index is 13.4. The number of hydrogen-bond acceptors (Lipinski definition) is 3. The van der Waals surface area contributed by atoms with E-state index in [-0.39, 0.29) is 11.4 Å². The third-order valence-electron chi connectivity index (χ3n) is 5.39. The van der Waals surface area contributed by atoms with Gasteiger partial charge in [-0.2, -0.15) is 4.31 Å². The predicted molar refractivity (Wildman–Crippen MR) is 132 cm³/mol. The molecule has 6 nitrogen and oxygen atoms in total. The number of sulfonamides is 1. The summed E-state index contributed by atoms with van der Waals surface area (Å²) in [5.41, 5.74) is 13.9. The molecular weight excluding hydrogens is 432 g/mol. The molecule has 0 amide bonds. The van der Waals surface area contributed by atoms with Gasteiger partial charge in [0.05, 0.1) is 17.1 Å². The van der Waals surface area contributed by atoms with Crippen molar-refractivity contribution in [1.82, 2.24) is 4.31 Å². The van der Waals surface area contributed by atoms with Crippen molar-refractivity contribution in [3.05, 3.63) is 105 Å². The van der Waals surface area contributed by atoms with Crippen molar-refractivity contribution in [2.45, 2.75) is 32.1 Å². The molecule has 168 valence electrons. The van der Waals surface area contributed by atoms with Crippen molar-refractivity contribution in [3.63, 3.8) is 0 Å². The third-order valence-corrected chi connectivity index (χ3v) is 7.25. The van der Waals surface area contributed by atoms with Gasteiger partial charge in [0, 0.05) is 17.0 Å². The standard InChI is InChI=1S/C26H26N4O2S/c1-20-11-13-25(14-12-20)33(31,32)30(17-15-23-8-5-4-6-9-23)16-7-10-24-18-21(2)22(3)19-26(24)28-29-27/h4-6,8-9,11-14,18-19H,15-17H2,1-3H3. The molecule has 0 atom stereocenters. The van der Waals surface area contributed by atoms with Crippen LogP contribution in [0.25, 0.3) is 10.4 Å². The Balaban J connectivity index is 1.92. The van der Waals surface area contributed by atoms with Crippen LogP contribution in [0.2, 0.25) is 0 Å². The molecule has 0 radical (unpaired) electrons.